The molecular weight excluding hydrogens is 208 g/mol. The molecule has 2 aromatic rings. The van der Waals surface area contributed by atoms with Crippen LogP contribution < -0.4 is 0 Å². The van der Waals surface area contributed by atoms with Crippen molar-refractivity contribution in [3.05, 3.63) is 60.2 Å². The molecule has 0 bridgehead atoms. The van der Waals surface area contributed by atoms with Crippen molar-refractivity contribution < 1.29 is 0 Å². The smallest absolute Gasteiger partial charge is 0.0619 e. The molecule has 17 heavy (non-hydrogen) atoms. The van der Waals surface area contributed by atoms with E-state index in [4.69, 9.17) is 10.8 Å². The summed E-state index contributed by atoms with van der Waals surface area (Å²) in [4.78, 5) is 0. The normalized spacial score (nSPS) is 10.9. The molecule has 0 spiro atoms. The number of hydrogen-bond donors (Lipinski definition) is 2. The summed E-state index contributed by atoms with van der Waals surface area (Å²) in [6.07, 6.45) is 3.31. The summed E-state index contributed by atoms with van der Waals surface area (Å²) in [5, 5.41) is 17.6. The molecular formula is C15H14N2. The van der Waals surface area contributed by atoms with Crippen molar-refractivity contribution >= 4 is 22.2 Å². The van der Waals surface area contributed by atoms with Gasteiger partial charge in [0.2, 0.25) is 0 Å². The third kappa shape index (κ3) is 2.48. The highest BCUT2D eigenvalue weighted by molar-refractivity contribution is 6.16. The molecule has 0 aliphatic carbocycles. The number of allylic oxidation sites excluding steroid dienone is 2. The van der Waals surface area contributed by atoms with E-state index in [9.17, 15) is 0 Å². The van der Waals surface area contributed by atoms with E-state index in [1.54, 1.807) is 19.1 Å². The van der Waals surface area contributed by atoms with E-state index in [0.717, 1.165) is 16.3 Å². The first-order chi connectivity index (χ1) is 8.18. The Hall–Kier alpha value is -2.22. The van der Waals surface area contributed by atoms with Gasteiger partial charge < -0.3 is 10.8 Å². The third-order valence-corrected chi connectivity index (χ3v) is 2.58. The average Bonchev–Trinajstić information content (AvgIpc) is 2.35. The van der Waals surface area contributed by atoms with Gasteiger partial charge in [-0.2, -0.15) is 0 Å². The fourth-order valence-electron chi connectivity index (χ4n) is 1.76. The van der Waals surface area contributed by atoms with Gasteiger partial charge in [0.05, 0.1) is 5.71 Å². The Bertz CT molecular complexity index is 604. The fourth-order valence-corrected chi connectivity index (χ4v) is 1.76. The summed E-state index contributed by atoms with van der Waals surface area (Å²) in [6.45, 7) is 1.70. The maximum Gasteiger partial charge on any atom is 0.0619 e. The second kappa shape index (κ2) is 4.74. The van der Waals surface area contributed by atoms with Gasteiger partial charge in [-0.1, -0.05) is 42.5 Å². The van der Waals surface area contributed by atoms with Crippen LogP contribution in [0.25, 0.3) is 10.8 Å². The molecule has 0 saturated heterocycles. The summed E-state index contributed by atoms with van der Waals surface area (Å²) >= 11 is 0. The van der Waals surface area contributed by atoms with Crippen LogP contribution in [-0.4, -0.2) is 11.4 Å². The summed E-state index contributed by atoms with van der Waals surface area (Å²) in [5.74, 6) is 0. The zero-order chi connectivity index (χ0) is 12.3. The van der Waals surface area contributed by atoms with Crippen molar-refractivity contribution in [2.75, 3.05) is 0 Å². The first-order valence-corrected chi connectivity index (χ1v) is 5.48. The molecule has 2 N–H and O–H groups in total. The van der Waals surface area contributed by atoms with Gasteiger partial charge in [-0.05, 0) is 29.8 Å². The van der Waals surface area contributed by atoms with E-state index in [1.165, 1.54) is 0 Å². The molecule has 2 heteroatoms. The second-order valence-corrected chi connectivity index (χ2v) is 3.96. The zero-order valence-electron chi connectivity index (χ0n) is 9.70. The van der Waals surface area contributed by atoms with Gasteiger partial charge in [-0.3, -0.25) is 0 Å². The highest BCUT2D eigenvalue weighted by atomic mass is 14.4. The van der Waals surface area contributed by atoms with E-state index in [0.29, 0.717) is 11.4 Å². The monoisotopic (exact) mass is 222 g/mol. The molecule has 2 aromatic carbocycles. The Labute approximate surface area is 101 Å². The van der Waals surface area contributed by atoms with Crippen LogP contribution in [0.1, 0.15) is 12.5 Å². The van der Waals surface area contributed by atoms with E-state index in [2.05, 4.69) is 0 Å². The predicted octanol–water partition coefficient (Wildman–Crippen LogP) is 3.80. The number of benzene rings is 2. The minimum absolute atomic E-state index is 0.438. The minimum Gasteiger partial charge on any atom is -0.306 e. The van der Waals surface area contributed by atoms with Gasteiger partial charge in [-0.15, -0.1) is 0 Å². The van der Waals surface area contributed by atoms with E-state index in [1.807, 2.05) is 42.5 Å². The lowest BCUT2D eigenvalue weighted by molar-refractivity contribution is 1.48. The fraction of sp³-hybridized carbons (Fsp3) is 0.0667. The Balaban J connectivity index is 2.49. The Morgan fingerprint density at radius 3 is 2.41 bits per heavy atom. The molecule has 84 valence electrons. The first-order valence-electron chi connectivity index (χ1n) is 5.48. The van der Waals surface area contributed by atoms with Crippen molar-refractivity contribution in [3.8, 4) is 0 Å². The number of fused-ring (bicyclic) bond motifs is 1. The molecule has 0 atom stereocenters. The van der Waals surface area contributed by atoms with Crippen molar-refractivity contribution in [3.63, 3.8) is 0 Å². The Kier molecular flexibility index (Phi) is 3.15. The van der Waals surface area contributed by atoms with Gasteiger partial charge in [-0.25, -0.2) is 0 Å². The summed E-state index contributed by atoms with van der Waals surface area (Å²) in [7, 11) is 0. The molecule has 0 amide bonds. The minimum atomic E-state index is 0.438. The van der Waals surface area contributed by atoms with Crippen LogP contribution in [0.5, 0.6) is 0 Å². The molecule has 0 radical (unpaired) electrons. The van der Waals surface area contributed by atoms with Gasteiger partial charge in [0.15, 0.2) is 0 Å². The molecule has 0 fully saturated rings. The summed E-state index contributed by atoms with van der Waals surface area (Å²) < 4.78 is 0. The molecule has 0 aliphatic rings. The standard InChI is InChI=1S/C15H14N2/c1-11(16)9-10-15(17)14-8-4-6-12-5-2-3-7-13(12)14/h2-10,16-17H,1H3/b10-9-,16-11?,17-15?. The van der Waals surface area contributed by atoms with E-state index in [-0.39, 0.29) is 0 Å². The lowest BCUT2D eigenvalue weighted by Gasteiger charge is -2.04. The first kappa shape index (κ1) is 11.3. The summed E-state index contributed by atoms with van der Waals surface area (Å²) in [6, 6.07) is 14.0. The van der Waals surface area contributed by atoms with Gasteiger partial charge in [0.25, 0.3) is 0 Å². The number of nitrogens with one attached hydrogen (secondary N) is 2. The molecule has 2 nitrogen and oxygen atoms in total. The van der Waals surface area contributed by atoms with Crippen LogP contribution >= 0.6 is 0 Å². The van der Waals surface area contributed by atoms with E-state index < -0.39 is 0 Å². The SMILES string of the molecule is CC(=N)/C=C\C(=N)c1cccc2ccccc12. The maximum atomic E-state index is 8.02. The Morgan fingerprint density at radius 1 is 0.941 bits per heavy atom. The maximum absolute atomic E-state index is 8.02. The largest absolute Gasteiger partial charge is 0.306 e. The van der Waals surface area contributed by atoms with Crippen molar-refractivity contribution in [2.24, 2.45) is 0 Å². The topological polar surface area (TPSA) is 47.7 Å². The van der Waals surface area contributed by atoms with Gasteiger partial charge in [0.1, 0.15) is 0 Å². The molecule has 0 unspecified atom stereocenters. The second-order valence-electron chi connectivity index (χ2n) is 3.96. The highest BCUT2D eigenvalue weighted by Gasteiger charge is 2.02. The summed E-state index contributed by atoms with van der Waals surface area (Å²) in [5.41, 5.74) is 1.80. The Morgan fingerprint density at radius 2 is 1.65 bits per heavy atom. The van der Waals surface area contributed by atoms with E-state index >= 15 is 0 Å². The van der Waals surface area contributed by atoms with Crippen molar-refractivity contribution in [1.82, 2.24) is 0 Å². The predicted molar refractivity (Wildman–Crippen MR) is 73.3 cm³/mol. The van der Waals surface area contributed by atoms with Gasteiger partial charge >= 0.3 is 0 Å². The van der Waals surface area contributed by atoms with Crippen LogP contribution in [0, 0.1) is 10.8 Å². The van der Waals surface area contributed by atoms with Gasteiger partial charge in [0, 0.05) is 11.3 Å². The lowest BCUT2D eigenvalue weighted by Crippen LogP contribution is -1.96. The zero-order valence-corrected chi connectivity index (χ0v) is 9.70. The van der Waals surface area contributed by atoms with Crippen LogP contribution in [0.4, 0.5) is 0 Å². The molecule has 0 heterocycles. The van der Waals surface area contributed by atoms with Crippen LogP contribution in [0.3, 0.4) is 0 Å². The molecule has 2 rings (SSSR count). The average molecular weight is 222 g/mol. The third-order valence-electron chi connectivity index (χ3n) is 2.58. The molecule has 0 aromatic heterocycles. The van der Waals surface area contributed by atoms with Crippen LogP contribution in [0.15, 0.2) is 54.6 Å². The number of hydrogen-bond acceptors (Lipinski definition) is 2. The highest BCUT2D eigenvalue weighted by Crippen LogP contribution is 2.19. The lowest BCUT2D eigenvalue weighted by atomic mass is 10.0. The quantitative estimate of drug-likeness (QED) is 0.742. The van der Waals surface area contributed by atoms with Crippen molar-refractivity contribution in [2.45, 2.75) is 6.92 Å². The molecule has 0 saturated carbocycles. The molecule has 0 aliphatic heterocycles. The number of rotatable bonds is 3. The van der Waals surface area contributed by atoms with Crippen LogP contribution in [-0.2, 0) is 0 Å². The van der Waals surface area contributed by atoms with Crippen molar-refractivity contribution in [1.29, 1.82) is 10.8 Å². The van der Waals surface area contributed by atoms with Crippen LogP contribution in [0.2, 0.25) is 0 Å².